The highest BCUT2D eigenvalue weighted by Gasteiger charge is 2.02. The fraction of sp³-hybridized carbons (Fsp3) is 0.0769. The van der Waals surface area contributed by atoms with Gasteiger partial charge >= 0.3 is 0 Å². The lowest BCUT2D eigenvalue weighted by molar-refractivity contribution is -0.297. The predicted octanol–water partition coefficient (Wildman–Crippen LogP) is 1.02. The van der Waals surface area contributed by atoms with E-state index in [0.29, 0.717) is 18.2 Å². The maximum absolute atomic E-state index is 10.2. The molecule has 0 unspecified atom stereocenters. The van der Waals surface area contributed by atoms with Crippen LogP contribution in [0, 0.1) is 0 Å². The van der Waals surface area contributed by atoms with E-state index in [9.17, 15) is 9.90 Å². The molecule has 0 spiro atoms. The van der Waals surface area contributed by atoms with Crippen molar-refractivity contribution in [3.8, 4) is 5.88 Å². The van der Waals surface area contributed by atoms with Crippen LogP contribution in [0.5, 0.6) is 5.88 Å². The summed E-state index contributed by atoms with van der Waals surface area (Å²) in [4.78, 5) is 10.2. The maximum Gasteiger partial charge on any atom is 0.255 e. The molecule has 0 atom stereocenters. The Balaban J connectivity index is 1.93. The summed E-state index contributed by atoms with van der Waals surface area (Å²) < 4.78 is 10.2. The molecule has 1 heterocycles. The van der Waals surface area contributed by atoms with Gasteiger partial charge in [-0.05, 0) is 22.9 Å². The van der Waals surface area contributed by atoms with E-state index >= 15 is 0 Å². The third-order valence-corrected chi connectivity index (χ3v) is 2.12. The van der Waals surface area contributed by atoms with E-state index < -0.39 is 5.97 Å². The van der Waals surface area contributed by atoms with Crippen molar-refractivity contribution in [3.63, 3.8) is 0 Å². The molecule has 0 radical (unpaired) electrons. The van der Waals surface area contributed by atoms with Gasteiger partial charge in [0.2, 0.25) is 0 Å². The number of carbonyl (C=O) groups is 1. The second-order valence-corrected chi connectivity index (χ2v) is 3.49. The topological polar surface area (TPSA) is 75.4 Å². The zero-order valence-electron chi connectivity index (χ0n) is 9.41. The Morgan fingerprint density at radius 2 is 2.17 bits per heavy atom. The van der Waals surface area contributed by atoms with E-state index in [0.717, 1.165) is 11.6 Å². The van der Waals surface area contributed by atoms with Gasteiger partial charge in [-0.1, -0.05) is 30.3 Å². The highest BCUT2D eigenvalue weighted by Crippen LogP contribution is 2.14. The van der Waals surface area contributed by atoms with E-state index in [2.05, 4.69) is 5.16 Å². The van der Waals surface area contributed by atoms with Gasteiger partial charge in [0.25, 0.3) is 5.88 Å². The molecule has 18 heavy (non-hydrogen) atoms. The molecule has 1 aromatic carbocycles. The first kappa shape index (κ1) is 11.9. The number of rotatable bonds is 5. The molecule has 0 N–H and O–H groups in total. The summed E-state index contributed by atoms with van der Waals surface area (Å²) in [7, 11) is 0. The van der Waals surface area contributed by atoms with Gasteiger partial charge in [0.1, 0.15) is 6.61 Å². The van der Waals surface area contributed by atoms with Gasteiger partial charge in [-0.2, -0.15) is 0 Å². The van der Waals surface area contributed by atoms with Crippen LogP contribution in [-0.2, 0) is 11.4 Å². The second kappa shape index (κ2) is 5.67. The Morgan fingerprint density at radius 1 is 1.39 bits per heavy atom. The number of ether oxygens (including phenoxy) is 1. The largest absolute Gasteiger partial charge is 0.545 e. The standard InChI is InChI=1S/C13H11NO4/c15-13(16)7-6-11-8-12(14-18-11)17-9-10-4-2-1-3-5-10/h1-8H,9H2,(H,15,16)/p-1/b7-6+. The van der Waals surface area contributed by atoms with Crippen molar-refractivity contribution in [2.75, 3.05) is 0 Å². The van der Waals surface area contributed by atoms with Crippen molar-refractivity contribution in [2.24, 2.45) is 0 Å². The number of aromatic nitrogens is 1. The van der Waals surface area contributed by atoms with E-state index in [1.54, 1.807) is 0 Å². The number of aliphatic carboxylic acids is 1. The van der Waals surface area contributed by atoms with E-state index in [1.165, 1.54) is 12.1 Å². The van der Waals surface area contributed by atoms with Crippen LogP contribution in [0.25, 0.3) is 6.08 Å². The molecule has 1 aromatic heterocycles. The van der Waals surface area contributed by atoms with Crippen LogP contribution in [0.2, 0.25) is 0 Å². The Hall–Kier alpha value is -2.56. The third kappa shape index (κ3) is 3.48. The molecule has 92 valence electrons. The molecule has 0 saturated heterocycles. The molecule has 0 aliphatic heterocycles. The minimum Gasteiger partial charge on any atom is -0.545 e. The number of carboxylic acid groups (broad SMARTS) is 1. The maximum atomic E-state index is 10.2. The summed E-state index contributed by atoms with van der Waals surface area (Å²) in [5, 5.41) is 13.8. The predicted molar refractivity (Wildman–Crippen MR) is 61.3 cm³/mol. The van der Waals surface area contributed by atoms with Crippen molar-refractivity contribution in [1.29, 1.82) is 0 Å². The van der Waals surface area contributed by atoms with Gasteiger partial charge in [-0.15, -0.1) is 0 Å². The molecule has 0 fully saturated rings. The fourth-order valence-electron chi connectivity index (χ4n) is 1.30. The molecule has 0 aliphatic rings. The highest BCUT2D eigenvalue weighted by atomic mass is 16.5. The van der Waals surface area contributed by atoms with Gasteiger partial charge in [0, 0.05) is 6.07 Å². The molecule has 2 rings (SSSR count). The fourth-order valence-corrected chi connectivity index (χ4v) is 1.30. The lowest BCUT2D eigenvalue weighted by atomic mass is 10.2. The van der Waals surface area contributed by atoms with Gasteiger partial charge < -0.3 is 19.2 Å². The number of benzene rings is 1. The Labute approximate surface area is 103 Å². The van der Waals surface area contributed by atoms with Crippen LogP contribution in [0.3, 0.4) is 0 Å². The van der Waals surface area contributed by atoms with Crippen molar-refractivity contribution in [2.45, 2.75) is 6.61 Å². The quantitative estimate of drug-likeness (QED) is 0.734. The molecular weight excluding hydrogens is 234 g/mol. The molecule has 2 aromatic rings. The van der Waals surface area contributed by atoms with Gasteiger partial charge in [0.05, 0.1) is 5.97 Å². The minimum absolute atomic E-state index is 0.294. The zero-order chi connectivity index (χ0) is 12.8. The minimum atomic E-state index is -1.29. The first-order valence-electron chi connectivity index (χ1n) is 5.26. The lowest BCUT2D eigenvalue weighted by Crippen LogP contribution is -2.18. The Bertz CT molecular complexity index is 545. The zero-order valence-corrected chi connectivity index (χ0v) is 9.41. The van der Waals surface area contributed by atoms with Crippen molar-refractivity contribution in [1.82, 2.24) is 5.16 Å². The highest BCUT2D eigenvalue weighted by molar-refractivity contribution is 5.82. The summed E-state index contributed by atoms with van der Waals surface area (Å²) in [6.45, 7) is 0.372. The molecule has 0 saturated carbocycles. The van der Waals surface area contributed by atoms with E-state index in [-0.39, 0.29) is 0 Å². The van der Waals surface area contributed by atoms with Crippen LogP contribution in [0.1, 0.15) is 11.3 Å². The average molecular weight is 244 g/mol. The van der Waals surface area contributed by atoms with E-state index in [1.807, 2.05) is 30.3 Å². The first-order chi connectivity index (χ1) is 8.74. The third-order valence-electron chi connectivity index (χ3n) is 2.12. The summed E-state index contributed by atoms with van der Waals surface area (Å²) in [5.74, 6) is -0.697. The Morgan fingerprint density at radius 3 is 2.89 bits per heavy atom. The summed E-state index contributed by atoms with van der Waals surface area (Å²) in [6.07, 6.45) is 2.11. The summed E-state index contributed by atoms with van der Waals surface area (Å²) in [5.41, 5.74) is 1.01. The van der Waals surface area contributed by atoms with Gasteiger partial charge in [-0.3, -0.25) is 0 Å². The Kier molecular flexibility index (Phi) is 3.76. The van der Waals surface area contributed by atoms with Gasteiger partial charge in [0.15, 0.2) is 5.76 Å². The molecule has 5 heteroatoms. The van der Waals surface area contributed by atoms with Crippen LogP contribution < -0.4 is 9.84 Å². The molecule has 0 aliphatic carbocycles. The monoisotopic (exact) mass is 244 g/mol. The normalized spacial score (nSPS) is 10.7. The van der Waals surface area contributed by atoms with Crippen LogP contribution in [0.4, 0.5) is 0 Å². The molecule has 0 amide bonds. The average Bonchev–Trinajstić information content (AvgIpc) is 2.83. The summed E-state index contributed by atoms with van der Waals surface area (Å²) in [6, 6.07) is 11.1. The van der Waals surface area contributed by atoms with Crippen molar-refractivity contribution in [3.05, 3.63) is 53.8 Å². The molecular formula is C13H10NO4-. The first-order valence-corrected chi connectivity index (χ1v) is 5.26. The molecule has 5 nitrogen and oxygen atoms in total. The number of hydrogen-bond acceptors (Lipinski definition) is 5. The number of carboxylic acids is 1. The summed E-state index contributed by atoms with van der Waals surface area (Å²) >= 11 is 0. The van der Waals surface area contributed by atoms with Crippen molar-refractivity contribution >= 4 is 12.0 Å². The van der Waals surface area contributed by atoms with E-state index in [4.69, 9.17) is 9.26 Å². The SMILES string of the molecule is O=C([O-])/C=C/c1cc(OCc2ccccc2)no1. The van der Waals surface area contributed by atoms with Crippen LogP contribution in [0.15, 0.2) is 47.0 Å². The van der Waals surface area contributed by atoms with Crippen molar-refractivity contribution < 1.29 is 19.2 Å². The number of hydrogen-bond donors (Lipinski definition) is 0. The van der Waals surface area contributed by atoms with Crippen LogP contribution >= 0.6 is 0 Å². The second-order valence-electron chi connectivity index (χ2n) is 3.49. The number of carbonyl (C=O) groups excluding carboxylic acids is 1. The smallest absolute Gasteiger partial charge is 0.255 e. The van der Waals surface area contributed by atoms with Gasteiger partial charge in [-0.25, -0.2) is 0 Å². The lowest BCUT2D eigenvalue weighted by Gasteiger charge is -2.00. The van der Waals surface area contributed by atoms with Crippen LogP contribution in [-0.4, -0.2) is 11.1 Å². The molecule has 0 bridgehead atoms. The number of nitrogens with zero attached hydrogens (tertiary/aromatic N) is 1.